The highest BCUT2D eigenvalue weighted by Crippen LogP contribution is 2.21. The molecule has 3 aromatic rings. The Hall–Kier alpha value is -3.43. The molecule has 0 unspecified atom stereocenters. The molecule has 0 aliphatic carbocycles. The van der Waals surface area contributed by atoms with Gasteiger partial charge in [0.05, 0.1) is 40.2 Å². The van der Waals surface area contributed by atoms with Gasteiger partial charge in [-0.1, -0.05) is 23.7 Å². The lowest BCUT2D eigenvalue weighted by atomic mass is 10.1. The van der Waals surface area contributed by atoms with Gasteiger partial charge in [-0.2, -0.15) is 5.26 Å². The molecule has 0 atom stereocenters. The molecule has 0 saturated carbocycles. The first-order valence-electron chi connectivity index (χ1n) is 7.52. The summed E-state index contributed by atoms with van der Waals surface area (Å²) in [5.74, 6) is -0.362. The molecule has 0 radical (unpaired) electrons. The molecule has 0 amide bonds. The van der Waals surface area contributed by atoms with Crippen LogP contribution in [-0.4, -0.2) is 23.0 Å². The van der Waals surface area contributed by atoms with Crippen LogP contribution < -0.4 is 5.56 Å². The molecule has 0 saturated heterocycles. The number of H-pyrrole nitrogens is 1. The number of aromatic nitrogens is 2. The molecule has 1 aromatic heterocycles. The smallest absolute Gasteiger partial charge is 0.337 e. The number of rotatable bonds is 3. The average Bonchev–Trinajstić information content (AvgIpc) is 2.66. The van der Waals surface area contributed by atoms with E-state index in [1.54, 1.807) is 30.3 Å². The monoisotopic (exact) mass is 365 g/mol. The number of hydrogen-bond acceptors (Lipinski definition) is 5. The third-order valence-electron chi connectivity index (χ3n) is 3.66. The van der Waals surface area contributed by atoms with Crippen molar-refractivity contribution in [2.45, 2.75) is 0 Å². The van der Waals surface area contributed by atoms with Gasteiger partial charge in [0.25, 0.3) is 5.56 Å². The topological polar surface area (TPSA) is 95.8 Å². The van der Waals surface area contributed by atoms with Crippen molar-refractivity contribution >= 4 is 39.6 Å². The predicted molar refractivity (Wildman–Crippen MR) is 98.6 cm³/mol. The molecule has 0 fully saturated rings. The van der Waals surface area contributed by atoms with Crippen LogP contribution in [0.25, 0.3) is 22.0 Å². The second-order valence-corrected chi connectivity index (χ2v) is 5.77. The molecular weight excluding hydrogens is 354 g/mol. The zero-order chi connectivity index (χ0) is 18.7. The van der Waals surface area contributed by atoms with Gasteiger partial charge in [0, 0.05) is 0 Å². The summed E-state index contributed by atoms with van der Waals surface area (Å²) in [6, 6.07) is 13.4. The van der Waals surface area contributed by atoms with Gasteiger partial charge in [-0.25, -0.2) is 9.78 Å². The number of nitriles is 1. The van der Waals surface area contributed by atoms with Gasteiger partial charge >= 0.3 is 5.97 Å². The number of carbonyl (C=O) groups is 1. The van der Waals surface area contributed by atoms with Crippen LogP contribution in [0.3, 0.4) is 0 Å². The van der Waals surface area contributed by atoms with Crippen LogP contribution in [0.4, 0.5) is 0 Å². The lowest BCUT2D eigenvalue weighted by molar-refractivity contribution is 0.0601. The summed E-state index contributed by atoms with van der Waals surface area (Å²) < 4.78 is 4.68. The lowest BCUT2D eigenvalue weighted by Gasteiger charge is -2.04. The van der Waals surface area contributed by atoms with Crippen molar-refractivity contribution in [3.8, 4) is 6.07 Å². The van der Waals surface area contributed by atoms with E-state index in [4.69, 9.17) is 16.9 Å². The standard InChI is InChI=1S/C19H12ClN3O3/c1-26-19(25)13-5-6-14-16(9-13)22-17(23-18(14)24)15(20)8-11-3-2-4-12(7-11)10-21/h2-9H,1H3,(H,22,23,24)/b15-8-. The Morgan fingerprint density at radius 1 is 1.31 bits per heavy atom. The molecule has 1 N–H and O–H groups in total. The molecule has 26 heavy (non-hydrogen) atoms. The van der Waals surface area contributed by atoms with Crippen LogP contribution in [0.15, 0.2) is 47.3 Å². The number of carbonyl (C=O) groups excluding carboxylic acids is 1. The molecule has 0 bridgehead atoms. The highest BCUT2D eigenvalue weighted by Gasteiger charge is 2.11. The average molecular weight is 366 g/mol. The maximum atomic E-state index is 12.3. The zero-order valence-electron chi connectivity index (χ0n) is 13.6. The Morgan fingerprint density at radius 3 is 2.85 bits per heavy atom. The van der Waals surface area contributed by atoms with Crippen molar-refractivity contribution in [2.24, 2.45) is 0 Å². The fourth-order valence-corrected chi connectivity index (χ4v) is 2.63. The number of benzene rings is 2. The normalized spacial score (nSPS) is 11.2. The van der Waals surface area contributed by atoms with Gasteiger partial charge in [-0.05, 0) is 42.0 Å². The van der Waals surface area contributed by atoms with E-state index in [0.717, 1.165) is 0 Å². The first-order chi connectivity index (χ1) is 12.5. The summed E-state index contributed by atoms with van der Waals surface area (Å²) >= 11 is 6.29. The summed E-state index contributed by atoms with van der Waals surface area (Å²) in [6.07, 6.45) is 1.59. The van der Waals surface area contributed by atoms with Crippen LogP contribution in [-0.2, 0) is 4.74 Å². The molecule has 0 spiro atoms. The van der Waals surface area contributed by atoms with Crippen molar-refractivity contribution < 1.29 is 9.53 Å². The number of hydrogen-bond donors (Lipinski definition) is 1. The van der Waals surface area contributed by atoms with E-state index in [1.807, 2.05) is 6.07 Å². The van der Waals surface area contributed by atoms with E-state index in [1.165, 1.54) is 25.3 Å². The number of esters is 1. The molecule has 6 nitrogen and oxygen atoms in total. The Labute approximate surface area is 153 Å². The summed E-state index contributed by atoms with van der Waals surface area (Å²) in [7, 11) is 1.28. The largest absolute Gasteiger partial charge is 0.465 e. The van der Waals surface area contributed by atoms with E-state index < -0.39 is 5.97 Å². The quantitative estimate of drug-likeness (QED) is 0.718. The first-order valence-corrected chi connectivity index (χ1v) is 7.90. The Kier molecular flexibility index (Phi) is 4.83. The second kappa shape index (κ2) is 7.21. The van der Waals surface area contributed by atoms with Crippen molar-refractivity contribution in [1.82, 2.24) is 9.97 Å². The maximum absolute atomic E-state index is 12.3. The maximum Gasteiger partial charge on any atom is 0.337 e. The van der Waals surface area contributed by atoms with Gasteiger partial charge < -0.3 is 9.72 Å². The molecule has 128 valence electrons. The van der Waals surface area contributed by atoms with E-state index in [2.05, 4.69) is 14.7 Å². The molecule has 1 heterocycles. The van der Waals surface area contributed by atoms with E-state index in [0.29, 0.717) is 22.0 Å². The Bertz CT molecular complexity index is 1140. The van der Waals surface area contributed by atoms with Gasteiger partial charge in [-0.15, -0.1) is 0 Å². The third kappa shape index (κ3) is 3.48. The number of aromatic amines is 1. The Balaban J connectivity index is 2.09. The van der Waals surface area contributed by atoms with Gasteiger partial charge in [0.15, 0.2) is 5.82 Å². The zero-order valence-corrected chi connectivity index (χ0v) is 14.4. The van der Waals surface area contributed by atoms with Gasteiger partial charge in [0.1, 0.15) is 0 Å². The van der Waals surface area contributed by atoms with Crippen LogP contribution in [0, 0.1) is 11.3 Å². The van der Waals surface area contributed by atoms with Gasteiger partial charge in [0.2, 0.25) is 0 Å². The fourth-order valence-electron chi connectivity index (χ4n) is 2.41. The highest BCUT2D eigenvalue weighted by atomic mass is 35.5. The number of ether oxygens (including phenoxy) is 1. The molecular formula is C19H12ClN3O3. The van der Waals surface area contributed by atoms with Crippen LogP contribution >= 0.6 is 11.6 Å². The number of fused-ring (bicyclic) bond motifs is 1. The summed E-state index contributed by atoms with van der Waals surface area (Å²) in [6.45, 7) is 0. The van der Waals surface area contributed by atoms with Gasteiger partial charge in [-0.3, -0.25) is 4.79 Å². The number of methoxy groups -OCH3 is 1. The van der Waals surface area contributed by atoms with Crippen molar-refractivity contribution in [1.29, 1.82) is 5.26 Å². The predicted octanol–water partition coefficient (Wildman–Crippen LogP) is 3.32. The van der Waals surface area contributed by atoms with Crippen LogP contribution in [0.1, 0.15) is 27.3 Å². The van der Waals surface area contributed by atoms with Crippen LogP contribution in [0.5, 0.6) is 0 Å². The van der Waals surface area contributed by atoms with Crippen molar-refractivity contribution in [2.75, 3.05) is 7.11 Å². The van der Waals surface area contributed by atoms with E-state index in [-0.39, 0.29) is 22.0 Å². The molecule has 0 aliphatic heterocycles. The minimum atomic E-state index is -0.523. The second-order valence-electron chi connectivity index (χ2n) is 5.37. The van der Waals surface area contributed by atoms with E-state index in [9.17, 15) is 9.59 Å². The number of nitrogens with one attached hydrogen (secondary N) is 1. The third-order valence-corrected chi connectivity index (χ3v) is 3.95. The summed E-state index contributed by atoms with van der Waals surface area (Å²) in [4.78, 5) is 30.9. The number of nitrogens with zero attached hydrogens (tertiary/aromatic N) is 2. The molecule has 3 rings (SSSR count). The van der Waals surface area contributed by atoms with Crippen molar-refractivity contribution in [3.05, 3.63) is 75.3 Å². The van der Waals surface area contributed by atoms with E-state index >= 15 is 0 Å². The summed E-state index contributed by atoms with van der Waals surface area (Å²) in [5, 5.41) is 9.49. The molecule has 0 aliphatic rings. The lowest BCUT2D eigenvalue weighted by Crippen LogP contribution is -2.11. The minimum absolute atomic E-state index is 0.161. The minimum Gasteiger partial charge on any atom is -0.465 e. The molecule has 7 heteroatoms. The molecule has 2 aromatic carbocycles. The van der Waals surface area contributed by atoms with Crippen molar-refractivity contribution in [3.63, 3.8) is 0 Å². The fraction of sp³-hybridized carbons (Fsp3) is 0.0526. The highest BCUT2D eigenvalue weighted by molar-refractivity contribution is 6.50. The summed E-state index contributed by atoms with van der Waals surface area (Å²) in [5.41, 5.74) is 1.42. The Morgan fingerprint density at radius 2 is 2.12 bits per heavy atom. The first kappa shape index (κ1) is 17.4. The SMILES string of the molecule is COC(=O)c1ccc2c(=O)[nH]c(/C(Cl)=C/c3cccc(C#N)c3)nc2c1. The number of halogens is 1. The van der Waals surface area contributed by atoms with Crippen LogP contribution in [0.2, 0.25) is 0 Å².